The highest BCUT2D eigenvalue weighted by molar-refractivity contribution is 7.99. The molecule has 0 aliphatic carbocycles. The standard InChI is InChI=1S/C12H21N3S/c1-4-7-10(13-3)11(5-2)16-12-14-8-6-9-15-12/h6,8-11,13H,4-5,7H2,1-3H3. The van der Waals surface area contributed by atoms with Gasteiger partial charge in [-0.1, -0.05) is 32.0 Å². The van der Waals surface area contributed by atoms with Gasteiger partial charge in [0.25, 0.3) is 0 Å². The van der Waals surface area contributed by atoms with Crippen LogP contribution in [0.5, 0.6) is 0 Å². The zero-order valence-corrected chi connectivity index (χ0v) is 11.1. The fourth-order valence-corrected chi connectivity index (χ4v) is 2.88. The largest absolute Gasteiger partial charge is 0.316 e. The summed E-state index contributed by atoms with van der Waals surface area (Å²) in [6.07, 6.45) is 7.15. The Bertz CT molecular complexity index is 279. The maximum atomic E-state index is 4.27. The molecule has 3 nitrogen and oxygen atoms in total. The minimum absolute atomic E-state index is 0.545. The molecular weight excluding hydrogens is 218 g/mol. The summed E-state index contributed by atoms with van der Waals surface area (Å²) in [6.45, 7) is 4.45. The Balaban J connectivity index is 2.60. The molecule has 0 bridgehead atoms. The Kier molecular flexibility index (Phi) is 6.42. The molecule has 0 saturated carbocycles. The van der Waals surface area contributed by atoms with Crippen molar-refractivity contribution in [3.05, 3.63) is 18.5 Å². The van der Waals surface area contributed by atoms with E-state index in [9.17, 15) is 0 Å². The van der Waals surface area contributed by atoms with Crippen molar-refractivity contribution in [2.24, 2.45) is 0 Å². The lowest BCUT2D eigenvalue weighted by atomic mass is 10.1. The molecule has 0 amide bonds. The third-order valence-electron chi connectivity index (χ3n) is 2.62. The SMILES string of the molecule is CCCC(NC)C(CC)Sc1ncccn1. The molecule has 0 saturated heterocycles. The van der Waals surface area contributed by atoms with Crippen molar-refractivity contribution in [2.45, 2.75) is 49.6 Å². The maximum Gasteiger partial charge on any atom is 0.187 e. The van der Waals surface area contributed by atoms with Gasteiger partial charge in [0, 0.05) is 23.7 Å². The van der Waals surface area contributed by atoms with E-state index in [1.165, 1.54) is 12.8 Å². The first kappa shape index (κ1) is 13.5. The number of hydrogen-bond acceptors (Lipinski definition) is 4. The molecule has 0 fully saturated rings. The van der Waals surface area contributed by atoms with Gasteiger partial charge in [0.05, 0.1) is 0 Å². The number of rotatable bonds is 7. The first-order valence-electron chi connectivity index (χ1n) is 5.92. The second kappa shape index (κ2) is 7.63. The van der Waals surface area contributed by atoms with E-state index >= 15 is 0 Å². The lowest BCUT2D eigenvalue weighted by molar-refractivity contribution is 0.489. The Morgan fingerprint density at radius 3 is 2.50 bits per heavy atom. The van der Waals surface area contributed by atoms with Gasteiger partial charge in [-0.2, -0.15) is 0 Å². The van der Waals surface area contributed by atoms with Crippen LogP contribution in [0, 0.1) is 0 Å². The molecule has 0 spiro atoms. The lowest BCUT2D eigenvalue weighted by Crippen LogP contribution is -2.35. The van der Waals surface area contributed by atoms with Crippen molar-refractivity contribution in [3.63, 3.8) is 0 Å². The third kappa shape index (κ3) is 4.10. The second-order valence-corrected chi connectivity index (χ2v) is 4.99. The molecule has 1 aromatic heterocycles. The number of thioether (sulfide) groups is 1. The Labute approximate surface area is 102 Å². The average molecular weight is 239 g/mol. The van der Waals surface area contributed by atoms with Gasteiger partial charge in [0.2, 0.25) is 0 Å². The third-order valence-corrected chi connectivity index (χ3v) is 4.01. The highest BCUT2D eigenvalue weighted by atomic mass is 32.2. The van der Waals surface area contributed by atoms with Gasteiger partial charge in [-0.3, -0.25) is 0 Å². The summed E-state index contributed by atoms with van der Waals surface area (Å²) in [5, 5.41) is 4.83. The minimum atomic E-state index is 0.545. The summed E-state index contributed by atoms with van der Waals surface area (Å²) in [5.74, 6) is 0. The molecule has 1 aromatic rings. The highest BCUT2D eigenvalue weighted by Gasteiger charge is 2.19. The van der Waals surface area contributed by atoms with Crippen molar-refractivity contribution in [2.75, 3.05) is 7.05 Å². The van der Waals surface area contributed by atoms with Crippen molar-refractivity contribution >= 4 is 11.8 Å². The van der Waals surface area contributed by atoms with Gasteiger partial charge in [-0.15, -0.1) is 0 Å². The molecule has 2 unspecified atom stereocenters. The van der Waals surface area contributed by atoms with E-state index in [1.54, 1.807) is 24.2 Å². The summed E-state index contributed by atoms with van der Waals surface area (Å²) in [5.41, 5.74) is 0. The van der Waals surface area contributed by atoms with Gasteiger partial charge in [-0.05, 0) is 26.0 Å². The lowest BCUT2D eigenvalue weighted by Gasteiger charge is -2.24. The van der Waals surface area contributed by atoms with Crippen LogP contribution < -0.4 is 5.32 Å². The van der Waals surface area contributed by atoms with E-state index < -0.39 is 0 Å². The molecule has 1 heterocycles. The first-order valence-corrected chi connectivity index (χ1v) is 6.80. The van der Waals surface area contributed by atoms with Crippen LogP contribution in [0.2, 0.25) is 0 Å². The van der Waals surface area contributed by atoms with E-state index in [-0.39, 0.29) is 0 Å². The van der Waals surface area contributed by atoms with Gasteiger partial charge in [0.15, 0.2) is 5.16 Å². The van der Waals surface area contributed by atoms with Crippen LogP contribution in [0.1, 0.15) is 33.1 Å². The number of hydrogen-bond donors (Lipinski definition) is 1. The van der Waals surface area contributed by atoms with Crippen LogP contribution in [0.15, 0.2) is 23.6 Å². The van der Waals surface area contributed by atoms with Crippen LogP contribution in [0.4, 0.5) is 0 Å². The summed E-state index contributed by atoms with van der Waals surface area (Å²) in [6, 6.07) is 2.40. The second-order valence-electron chi connectivity index (χ2n) is 3.78. The van der Waals surface area contributed by atoms with Crippen LogP contribution in [0.25, 0.3) is 0 Å². The van der Waals surface area contributed by atoms with E-state index in [1.807, 2.05) is 13.1 Å². The molecular formula is C12H21N3S. The zero-order valence-electron chi connectivity index (χ0n) is 10.3. The molecule has 0 aliphatic rings. The van der Waals surface area contributed by atoms with Crippen LogP contribution in [0.3, 0.4) is 0 Å². The molecule has 0 aromatic carbocycles. The number of nitrogens with zero attached hydrogens (tertiary/aromatic N) is 2. The van der Waals surface area contributed by atoms with E-state index in [4.69, 9.17) is 0 Å². The summed E-state index contributed by atoms with van der Waals surface area (Å²) in [4.78, 5) is 8.53. The fourth-order valence-electron chi connectivity index (χ4n) is 1.76. The van der Waals surface area contributed by atoms with Gasteiger partial charge in [-0.25, -0.2) is 9.97 Å². The van der Waals surface area contributed by atoms with Crippen molar-refractivity contribution in [1.29, 1.82) is 0 Å². The zero-order chi connectivity index (χ0) is 11.8. The number of aromatic nitrogens is 2. The summed E-state index contributed by atoms with van der Waals surface area (Å²) >= 11 is 1.78. The van der Waals surface area contributed by atoms with E-state index in [0.29, 0.717) is 11.3 Å². The van der Waals surface area contributed by atoms with Crippen LogP contribution in [-0.2, 0) is 0 Å². The van der Waals surface area contributed by atoms with Gasteiger partial charge >= 0.3 is 0 Å². The van der Waals surface area contributed by atoms with Crippen LogP contribution in [-0.4, -0.2) is 28.3 Å². The highest BCUT2D eigenvalue weighted by Crippen LogP contribution is 2.25. The average Bonchev–Trinajstić information content (AvgIpc) is 2.35. The quantitative estimate of drug-likeness (QED) is 0.586. The topological polar surface area (TPSA) is 37.8 Å². The molecule has 1 rings (SSSR count). The van der Waals surface area contributed by atoms with E-state index in [0.717, 1.165) is 11.6 Å². The molecule has 1 N–H and O–H groups in total. The van der Waals surface area contributed by atoms with Gasteiger partial charge in [0.1, 0.15) is 0 Å². The summed E-state index contributed by atoms with van der Waals surface area (Å²) < 4.78 is 0. The molecule has 2 atom stereocenters. The fraction of sp³-hybridized carbons (Fsp3) is 0.667. The minimum Gasteiger partial charge on any atom is -0.316 e. The number of nitrogens with one attached hydrogen (secondary N) is 1. The predicted octanol–water partition coefficient (Wildman–Crippen LogP) is 2.74. The molecule has 4 heteroatoms. The summed E-state index contributed by atoms with van der Waals surface area (Å²) in [7, 11) is 2.04. The molecule has 90 valence electrons. The van der Waals surface area contributed by atoms with E-state index in [2.05, 4.69) is 29.1 Å². The van der Waals surface area contributed by atoms with Gasteiger partial charge < -0.3 is 5.32 Å². The Hall–Kier alpha value is -0.610. The molecule has 16 heavy (non-hydrogen) atoms. The van der Waals surface area contributed by atoms with Crippen LogP contribution >= 0.6 is 11.8 Å². The van der Waals surface area contributed by atoms with Crippen molar-refractivity contribution < 1.29 is 0 Å². The monoisotopic (exact) mass is 239 g/mol. The Morgan fingerprint density at radius 1 is 1.31 bits per heavy atom. The molecule has 0 aliphatic heterocycles. The Morgan fingerprint density at radius 2 is 2.00 bits per heavy atom. The smallest absolute Gasteiger partial charge is 0.187 e. The van der Waals surface area contributed by atoms with Crippen molar-refractivity contribution in [3.8, 4) is 0 Å². The molecule has 0 radical (unpaired) electrons. The van der Waals surface area contributed by atoms with Crippen molar-refractivity contribution in [1.82, 2.24) is 15.3 Å². The normalized spacial score (nSPS) is 14.7. The first-order chi connectivity index (χ1) is 7.81. The maximum absolute atomic E-state index is 4.27. The predicted molar refractivity (Wildman–Crippen MR) is 69.7 cm³/mol.